The number of rotatable bonds is 5. The average molecular weight is 367 g/mol. The van der Waals surface area contributed by atoms with Crippen molar-refractivity contribution in [1.29, 1.82) is 0 Å². The van der Waals surface area contributed by atoms with Gasteiger partial charge in [0.15, 0.2) is 6.61 Å². The Labute approximate surface area is 159 Å². The molecule has 0 saturated carbocycles. The Morgan fingerprint density at radius 2 is 1.89 bits per heavy atom. The van der Waals surface area contributed by atoms with Crippen molar-refractivity contribution in [2.24, 2.45) is 0 Å². The maximum atomic E-state index is 12.6. The van der Waals surface area contributed by atoms with Gasteiger partial charge in [-0.05, 0) is 48.6 Å². The molecule has 0 radical (unpaired) electrons. The van der Waals surface area contributed by atoms with Crippen LogP contribution in [0.2, 0.25) is 0 Å². The average Bonchev–Trinajstić information content (AvgIpc) is 2.67. The van der Waals surface area contributed by atoms with Crippen molar-refractivity contribution in [3.8, 4) is 5.75 Å². The van der Waals surface area contributed by atoms with Gasteiger partial charge in [-0.1, -0.05) is 38.1 Å². The third-order valence-corrected chi connectivity index (χ3v) is 4.72. The molecule has 2 aromatic carbocycles. The summed E-state index contributed by atoms with van der Waals surface area (Å²) in [6.07, 6.45) is 1.70. The molecular weight excluding hydrogens is 342 g/mol. The fourth-order valence-corrected chi connectivity index (χ4v) is 3.20. The number of fused-ring (bicyclic) bond motifs is 1. The first-order valence-electron chi connectivity index (χ1n) is 9.26. The minimum atomic E-state index is -0.254. The number of ether oxygens (including phenoxy) is 1. The molecule has 0 bridgehead atoms. The number of anilines is 2. The van der Waals surface area contributed by atoms with Crippen LogP contribution < -0.4 is 20.7 Å². The highest BCUT2D eigenvalue weighted by molar-refractivity contribution is 5.95. The molecule has 0 spiro atoms. The zero-order chi connectivity index (χ0) is 19.4. The van der Waals surface area contributed by atoms with E-state index in [1.807, 2.05) is 43.3 Å². The quantitative estimate of drug-likeness (QED) is 0.747. The molecule has 1 heterocycles. The number of hydrogen-bond acceptors (Lipinski definition) is 3. The molecule has 0 aliphatic carbocycles. The molecule has 1 unspecified atom stereocenters. The van der Waals surface area contributed by atoms with Crippen LogP contribution in [-0.4, -0.2) is 18.5 Å². The van der Waals surface area contributed by atoms with E-state index in [1.54, 1.807) is 0 Å². The van der Waals surface area contributed by atoms with Crippen molar-refractivity contribution < 1.29 is 14.3 Å². The molecule has 0 fully saturated rings. The number of carbonyl (C=O) groups is 2. The van der Waals surface area contributed by atoms with Crippen LogP contribution in [0.4, 0.5) is 16.2 Å². The van der Waals surface area contributed by atoms with Crippen molar-refractivity contribution in [1.82, 2.24) is 5.32 Å². The van der Waals surface area contributed by atoms with Gasteiger partial charge in [0.05, 0.1) is 11.7 Å². The van der Waals surface area contributed by atoms with Gasteiger partial charge >= 0.3 is 6.03 Å². The number of amides is 3. The number of urea groups is 1. The summed E-state index contributed by atoms with van der Waals surface area (Å²) in [5.41, 5.74) is 4.63. The van der Waals surface area contributed by atoms with E-state index in [2.05, 4.69) is 29.8 Å². The van der Waals surface area contributed by atoms with E-state index in [-0.39, 0.29) is 24.6 Å². The fourth-order valence-electron chi connectivity index (χ4n) is 3.20. The monoisotopic (exact) mass is 367 g/mol. The first kappa shape index (κ1) is 18.8. The molecule has 1 atom stereocenters. The van der Waals surface area contributed by atoms with Gasteiger partial charge in [0.2, 0.25) is 0 Å². The maximum Gasteiger partial charge on any atom is 0.319 e. The van der Waals surface area contributed by atoms with Crippen LogP contribution in [0.5, 0.6) is 5.75 Å². The highest BCUT2D eigenvalue weighted by atomic mass is 16.5. The maximum absolute atomic E-state index is 12.6. The Morgan fingerprint density at radius 1 is 1.19 bits per heavy atom. The van der Waals surface area contributed by atoms with Crippen molar-refractivity contribution in [3.63, 3.8) is 0 Å². The van der Waals surface area contributed by atoms with E-state index in [0.717, 1.165) is 35.2 Å². The summed E-state index contributed by atoms with van der Waals surface area (Å²) in [6.45, 7) is 6.08. The molecule has 3 rings (SSSR count). The number of carbonyl (C=O) groups excluding carboxylic acids is 2. The van der Waals surface area contributed by atoms with Gasteiger partial charge in [-0.25, -0.2) is 4.79 Å². The van der Waals surface area contributed by atoms with Gasteiger partial charge in [0.25, 0.3) is 5.91 Å². The topological polar surface area (TPSA) is 79.5 Å². The van der Waals surface area contributed by atoms with Crippen molar-refractivity contribution in [2.75, 3.05) is 17.2 Å². The zero-order valence-corrected chi connectivity index (χ0v) is 15.9. The molecule has 3 amide bonds. The number of benzene rings is 2. The molecule has 6 nitrogen and oxygen atoms in total. The third kappa shape index (κ3) is 4.22. The third-order valence-electron chi connectivity index (χ3n) is 4.72. The van der Waals surface area contributed by atoms with Crippen LogP contribution in [0.3, 0.4) is 0 Å². The molecule has 27 heavy (non-hydrogen) atoms. The highest BCUT2D eigenvalue weighted by Gasteiger charge is 2.18. The van der Waals surface area contributed by atoms with Gasteiger partial charge < -0.3 is 20.7 Å². The van der Waals surface area contributed by atoms with E-state index in [9.17, 15) is 9.59 Å². The molecule has 142 valence electrons. The lowest BCUT2D eigenvalue weighted by molar-refractivity contribution is -0.118. The van der Waals surface area contributed by atoms with Gasteiger partial charge in [-0.2, -0.15) is 0 Å². The molecular formula is C21H25N3O3. The number of nitrogens with one attached hydrogen (secondary N) is 3. The second-order valence-electron chi connectivity index (χ2n) is 6.57. The lowest BCUT2D eigenvalue weighted by Gasteiger charge is -2.21. The van der Waals surface area contributed by atoms with Crippen molar-refractivity contribution >= 4 is 23.3 Å². The van der Waals surface area contributed by atoms with E-state index in [0.29, 0.717) is 11.4 Å². The number of para-hydroxylation sites is 1. The van der Waals surface area contributed by atoms with Crippen LogP contribution in [0, 0.1) is 0 Å². The van der Waals surface area contributed by atoms with Crippen molar-refractivity contribution in [3.05, 3.63) is 53.1 Å². The molecule has 1 aliphatic heterocycles. The van der Waals surface area contributed by atoms with E-state index in [1.165, 1.54) is 0 Å². The summed E-state index contributed by atoms with van der Waals surface area (Å²) in [6, 6.07) is 11.1. The van der Waals surface area contributed by atoms with E-state index in [4.69, 9.17) is 4.74 Å². The minimum Gasteiger partial charge on any atom is -0.482 e. The van der Waals surface area contributed by atoms with E-state index >= 15 is 0 Å². The second-order valence-corrected chi connectivity index (χ2v) is 6.57. The second kappa shape index (κ2) is 8.12. The van der Waals surface area contributed by atoms with Gasteiger partial charge in [-0.3, -0.25) is 4.79 Å². The Balaban J connectivity index is 1.72. The molecule has 6 heteroatoms. The summed E-state index contributed by atoms with van der Waals surface area (Å²) >= 11 is 0. The lowest BCUT2D eigenvalue weighted by atomic mass is 10.0. The van der Waals surface area contributed by atoms with Gasteiger partial charge in [0, 0.05) is 5.69 Å². The van der Waals surface area contributed by atoms with Crippen LogP contribution in [0.15, 0.2) is 36.4 Å². The largest absolute Gasteiger partial charge is 0.482 e. The number of hydrogen-bond donors (Lipinski definition) is 3. The first-order chi connectivity index (χ1) is 13.0. The van der Waals surface area contributed by atoms with Crippen LogP contribution in [0.1, 0.15) is 43.5 Å². The summed E-state index contributed by atoms with van der Waals surface area (Å²) < 4.78 is 5.37. The molecule has 2 aromatic rings. The Hall–Kier alpha value is -3.02. The summed E-state index contributed by atoms with van der Waals surface area (Å²) in [7, 11) is 0. The highest BCUT2D eigenvalue weighted by Crippen LogP contribution is 2.30. The summed E-state index contributed by atoms with van der Waals surface area (Å²) in [5.74, 6) is 0.459. The Kier molecular flexibility index (Phi) is 5.64. The predicted molar refractivity (Wildman–Crippen MR) is 106 cm³/mol. The molecule has 3 N–H and O–H groups in total. The molecule has 0 saturated heterocycles. The van der Waals surface area contributed by atoms with Gasteiger partial charge in [0.1, 0.15) is 5.75 Å². The SMILES string of the molecule is CCc1cccc(CC)c1NC(=O)NC(C)c1ccc2c(c1)NC(=O)CO2. The Morgan fingerprint density at radius 3 is 2.56 bits per heavy atom. The van der Waals surface area contributed by atoms with Crippen molar-refractivity contribution in [2.45, 2.75) is 39.7 Å². The Bertz CT molecular complexity index is 841. The molecule has 0 aromatic heterocycles. The smallest absolute Gasteiger partial charge is 0.319 e. The number of aryl methyl sites for hydroxylation is 2. The summed E-state index contributed by atoms with van der Waals surface area (Å²) in [4.78, 5) is 24.0. The van der Waals surface area contributed by atoms with Gasteiger partial charge in [-0.15, -0.1) is 0 Å². The van der Waals surface area contributed by atoms with Crippen LogP contribution in [-0.2, 0) is 17.6 Å². The first-order valence-corrected chi connectivity index (χ1v) is 9.26. The zero-order valence-electron chi connectivity index (χ0n) is 15.9. The van der Waals surface area contributed by atoms with Crippen LogP contribution in [0.25, 0.3) is 0 Å². The molecule has 1 aliphatic rings. The standard InChI is InChI=1S/C21H25N3O3/c1-4-14-7-6-8-15(5-2)20(14)24-21(26)22-13(3)16-9-10-18-17(11-16)23-19(25)12-27-18/h6-11,13H,4-5,12H2,1-3H3,(H,23,25)(H2,22,24,26). The van der Waals surface area contributed by atoms with E-state index < -0.39 is 0 Å². The summed E-state index contributed by atoms with van der Waals surface area (Å²) in [5, 5.41) is 8.75. The lowest BCUT2D eigenvalue weighted by Crippen LogP contribution is -2.32. The van der Waals surface area contributed by atoms with Crippen LogP contribution >= 0.6 is 0 Å². The minimum absolute atomic E-state index is 0.0269. The fraction of sp³-hybridized carbons (Fsp3) is 0.333. The predicted octanol–water partition coefficient (Wildman–Crippen LogP) is 4.03. The normalized spacial score (nSPS) is 13.8.